The van der Waals surface area contributed by atoms with Crippen LogP contribution in [-0.2, 0) is 0 Å². The van der Waals surface area contributed by atoms with Gasteiger partial charge in [-0.3, -0.25) is 0 Å². The Bertz CT molecular complexity index is 119. The van der Waals surface area contributed by atoms with E-state index in [-0.39, 0.29) is 0 Å². The molecule has 0 spiro atoms. The van der Waals surface area contributed by atoms with Crippen LogP contribution in [0.5, 0.6) is 0 Å². The van der Waals surface area contributed by atoms with Crippen LogP contribution in [-0.4, -0.2) is 25.0 Å². The SMILES string of the molecule is CN1CC2CCC[C@@H](CC2)C1. The van der Waals surface area contributed by atoms with Crippen LogP contribution in [0.25, 0.3) is 0 Å². The quantitative estimate of drug-likeness (QED) is 0.515. The van der Waals surface area contributed by atoms with Crippen LogP contribution in [0.2, 0.25) is 0 Å². The zero-order valence-corrected chi connectivity index (χ0v) is 7.55. The maximum absolute atomic E-state index is 2.54. The summed E-state index contributed by atoms with van der Waals surface area (Å²) in [6.45, 7) is 2.74. The molecule has 0 amide bonds. The van der Waals surface area contributed by atoms with Gasteiger partial charge in [-0.1, -0.05) is 6.42 Å². The summed E-state index contributed by atoms with van der Waals surface area (Å²) in [6, 6.07) is 0. The molecule has 0 aromatic rings. The molecule has 1 aliphatic heterocycles. The first-order valence-corrected chi connectivity index (χ1v) is 5.03. The van der Waals surface area contributed by atoms with Gasteiger partial charge in [0.2, 0.25) is 0 Å². The van der Waals surface area contributed by atoms with Gasteiger partial charge in [0.05, 0.1) is 0 Å². The molecule has 2 fully saturated rings. The molecule has 0 N–H and O–H groups in total. The summed E-state index contributed by atoms with van der Waals surface area (Å²) in [5.41, 5.74) is 0. The largest absolute Gasteiger partial charge is 0.306 e. The second-order valence-corrected chi connectivity index (χ2v) is 4.46. The van der Waals surface area contributed by atoms with Crippen LogP contribution >= 0.6 is 0 Å². The van der Waals surface area contributed by atoms with Crippen molar-refractivity contribution in [3.05, 3.63) is 0 Å². The van der Waals surface area contributed by atoms with Crippen molar-refractivity contribution in [3.8, 4) is 0 Å². The lowest BCUT2D eigenvalue weighted by molar-refractivity contribution is 0.238. The van der Waals surface area contributed by atoms with Crippen LogP contribution in [0, 0.1) is 11.8 Å². The maximum atomic E-state index is 2.54. The van der Waals surface area contributed by atoms with Crippen molar-refractivity contribution < 1.29 is 0 Å². The van der Waals surface area contributed by atoms with Crippen molar-refractivity contribution in [2.24, 2.45) is 11.8 Å². The van der Waals surface area contributed by atoms with E-state index in [9.17, 15) is 0 Å². The molecule has 11 heavy (non-hydrogen) atoms. The first kappa shape index (κ1) is 7.60. The number of nitrogens with zero attached hydrogens (tertiary/aromatic N) is 1. The minimum absolute atomic E-state index is 1.03. The van der Waals surface area contributed by atoms with E-state index in [4.69, 9.17) is 0 Å². The van der Waals surface area contributed by atoms with Crippen LogP contribution < -0.4 is 0 Å². The lowest BCUT2D eigenvalue weighted by Crippen LogP contribution is -2.28. The molecule has 1 aliphatic carbocycles. The van der Waals surface area contributed by atoms with E-state index in [1.54, 1.807) is 0 Å². The minimum atomic E-state index is 1.03. The molecule has 1 unspecified atom stereocenters. The fourth-order valence-corrected chi connectivity index (χ4v) is 2.78. The molecule has 0 aromatic heterocycles. The molecular weight excluding hydrogens is 134 g/mol. The Hall–Kier alpha value is -0.0400. The molecule has 2 rings (SSSR count). The third-order valence-corrected chi connectivity index (χ3v) is 3.35. The zero-order valence-electron chi connectivity index (χ0n) is 7.55. The standard InChI is InChI=1S/C10H19N/c1-11-7-9-3-2-4-10(8-11)6-5-9/h9-10H,2-8H2,1H3/t9-,10?/m0/s1. The van der Waals surface area contributed by atoms with E-state index in [0.29, 0.717) is 0 Å². The zero-order chi connectivity index (χ0) is 7.68. The molecule has 2 bridgehead atoms. The van der Waals surface area contributed by atoms with Crippen molar-refractivity contribution in [2.45, 2.75) is 32.1 Å². The molecule has 1 heteroatoms. The van der Waals surface area contributed by atoms with E-state index >= 15 is 0 Å². The molecule has 64 valence electrons. The van der Waals surface area contributed by atoms with Crippen molar-refractivity contribution >= 4 is 0 Å². The Morgan fingerprint density at radius 1 is 0.909 bits per heavy atom. The Balaban J connectivity index is 2.04. The van der Waals surface area contributed by atoms with E-state index in [1.165, 1.54) is 45.2 Å². The Morgan fingerprint density at radius 3 is 2.00 bits per heavy atom. The first-order valence-electron chi connectivity index (χ1n) is 5.03. The molecule has 0 radical (unpaired) electrons. The summed E-state index contributed by atoms with van der Waals surface area (Å²) in [7, 11) is 2.29. The first-order chi connectivity index (χ1) is 5.34. The summed E-state index contributed by atoms with van der Waals surface area (Å²) in [5, 5.41) is 0. The predicted molar refractivity (Wildman–Crippen MR) is 47.6 cm³/mol. The lowest BCUT2D eigenvalue weighted by Gasteiger charge is -2.24. The molecule has 1 saturated carbocycles. The van der Waals surface area contributed by atoms with Gasteiger partial charge < -0.3 is 4.90 Å². The number of hydrogen-bond acceptors (Lipinski definition) is 1. The van der Waals surface area contributed by atoms with Gasteiger partial charge in [-0.15, -0.1) is 0 Å². The number of hydrogen-bond donors (Lipinski definition) is 0. The van der Waals surface area contributed by atoms with Crippen molar-refractivity contribution in [1.82, 2.24) is 4.90 Å². The molecule has 1 saturated heterocycles. The highest BCUT2D eigenvalue weighted by Crippen LogP contribution is 2.31. The Kier molecular flexibility index (Phi) is 2.17. The van der Waals surface area contributed by atoms with Crippen LogP contribution in [0.1, 0.15) is 32.1 Å². The third-order valence-electron chi connectivity index (χ3n) is 3.35. The highest BCUT2D eigenvalue weighted by atomic mass is 15.1. The fourth-order valence-electron chi connectivity index (χ4n) is 2.78. The molecular formula is C10H19N. The van der Waals surface area contributed by atoms with Gasteiger partial charge in [-0.2, -0.15) is 0 Å². The van der Waals surface area contributed by atoms with E-state index in [0.717, 1.165) is 11.8 Å². The highest BCUT2D eigenvalue weighted by Gasteiger charge is 2.24. The molecule has 1 nitrogen and oxygen atoms in total. The molecule has 2 aliphatic rings. The van der Waals surface area contributed by atoms with Gasteiger partial charge in [0.1, 0.15) is 0 Å². The average Bonchev–Trinajstić information content (AvgIpc) is 2.19. The van der Waals surface area contributed by atoms with E-state index in [1.807, 2.05) is 0 Å². The minimum Gasteiger partial charge on any atom is -0.306 e. The Morgan fingerprint density at radius 2 is 1.45 bits per heavy atom. The highest BCUT2D eigenvalue weighted by molar-refractivity contribution is 4.78. The maximum Gasteiger partial charge on any atom is 0.000672 e. The summed E-state index contributed by atoms with van der Waals surface area (Å²) < 4.78 is 0. The summed E-state index contributed by atoms with van der Waals surface area (Å²) in [5.74, 6) is 2.07. The molecule has 1 heterocycles. The number of rotatable bonds is 0. The summed E-state index contributed by atoms with van der Waals surface area (Å²) >= 11 is 0. The molecule has 2 atom stereocenters. The van der Waals surface area contributed by atoms with Crippen LogP contribution in [0.4, 0.5) is 0 Å². The normalized spacial score (nSPS) is 40.1. The van der Waals surface area contributed by atoms with Crippen molar-refractivity contribution in [3.63, 3.8) is 0 Å². The monoisotopic (exact) mass is 153 g/mol. The number of fused-ring (bicyclic) bond motifs is 3. The van der Waals surface area contributed by atoms with Crippen LogP contribution in [0.3, 0.4) is 0 Å². The fraction of sp³-hybridized carbons (Fsp3) is 1.00. The summed E-state index contributed by atoms with van der Waals surface area (Å²) in [6.07, 6.45) is 7.52. The second-order valence-electron chi connectivity index (χ2n) is 4.46. The van der Waals surface area contributed by atoms with E-state index in [2.05, 4.69) is 11.9 Å². The number of likely N-dealkylation sites (tertiary alicyclic amines) is 1. The summed E-state index contributed by atoms with van der Waals surface area (Å²) in [4.78, 5) is 2.54. The third kappa shape index (κ3) is 1.76. The topological polar surface area (TPSA) is 3.24 Å². The van der Waals surface area contributed by atoms with E-state index < -0.39 is 0 Å². The smallest absolute Gasteiger partial charge is 0.000672 e. The van der Waals surface area contributed by atoms with Gasteiger partial charge in [-0.05, 0) is 44.6 Å². The van der Waals surface area contributed by atoms with Crippen molar-refractivity contribution in [2.75, 3.05) is 20.1 Å². The van der Waals surface area contributed by atoms with Crippen molar-refractivity contribution in [1.29, 1.82) is 0 Å². The predicted octanol–water partition coefficient (Wildman–Crippen LogP) is 2.13. The average molecular weight is 153 g/mol. The van der Waals surface area contributed by atoms with Gasteiger partial charge in [0.15, 0.2) is 0 Å². The van der Waals surface area contributed by atoms with Gasteiger partial charge >= 0.3 is 0 Å². The van der Waals surface area contributed by atoms with Gasteiger partial charge in [0, 0.05) is 13.1 Å². The molecule has 0 aromatic carbocycles. The van der Waals surface area contributed by atoms with Gasteiger partial charge in [-0.25, -0.2) is 0 Å². The van der Waals surface area contributed by atoms with Crippen LogP contribution in [0.15, 0.2) is 0 Å². The van der Waals surface area contributed by atoms with Gasteiger partial charge in [0.25, 0.3) is 0 Å². The second kappa shape index (κ2) is 3.14. The Labute approximate surface area is 69.8 Å². The lowest BCUT2D eigenvalue weighted by atomic mass is 10.0.